The fraction of sp³-hybridized carbons (Fsp3) is 0.269. The maximum Gasteiger partial charge on any atom is 0.229 e. The zero-order valence-corrected chi connectivity index (χ0v) is 19.4. The van der Waals surface area contributed by atoms with E-state index in [2.05, 4.69) is 94.1 Å². The molecule has 2 heterocycles. The second-order valence-electron chi connectivity index (χ2n) is 8.97. The fourth-order valence-corrected chi connectivity index (χ4v) is 3.71. The van der Waals surface area contributed by atoms with Crippen molar-refractivity contribution in [2.24, 2.45) is 0 Å². The highest BCUT2D eigenvalue weighted by Gasteiger charge is 2.26. The topological polar surface area (TPSA) is 58.9 Å². The van der Waals surface area contributed by atoms with Crippen LogP contribution in [0.4, 0.5) is 23.1 Å². The monoisotopic (exact) mass is 426 g/mol. The Bertz CT molecular complexity index is 1170. The smallest absolute Gasteiger partial charge is 0.229 e. The van der Waals surface area contributed by atoms with Crippen LogP contribution in [0.25, 0.3) is 0 Å². The lowest BCUT2D eigenvalue weighted by Gasteiger charge is -2.37. The summed E-state index contributed by atoms with van der Waals surface area (Å²) in [6.07, 6.45) is 5.70. The third-order valence-electron chi connectivity index (χ3n) is 5.33. The van der Waals surface area contributed by atoms with E-state index in [-0.39, 0.29) is 5.54 Å². The van der Waals surface area contributed by atoms with Crippen LogP contribution >= 0.6 is 0 Å². The predicted octanol–water partition coefficient (Wildman–Crippen LogP) is 6.02. The number of para-hydroxylation sites is 1. The summed E-state index contributed by atoms with van der Waals surface area (Å²) in [7, 11) is 0. The summed E-state index contributed by atoms with van der Waals surface area (Å²) in [5, 5.41) is 3.36. The number of aryl methyl sites for hydroxylation is 2. The van der Waals surface area contributed by atoms with E-state index in [1.54, 1.807) is 0 Å². The molecule has 0 bridgehead atoms. The molecule has 2 aromatic carbocycles. The fourth-order valence-electron chi connectivity index (χ4n) is 3.71. The van der Waals surface area contributed by atoms with Crippen LogP contribution in [0.2, 0.25) is 0 Å². The summed E-state index contributed by atoms with van der Waals surface area (Å²) in [4.78, 5) is 16.0. The van der Waals surface area contributed by atoms with Crippen molar-refractivity contribution in [2.45, 2.75) is 46.7 Å². The SMILES string of the molecule is Cc1cnc(Nc2ccc(Cn3ccnc3C)cc2)nc1N(c1ccccc1)C(C)(C)C. The number of hydrogen-bond donors (Lipinski definition) is 1. The minimum absolute atomic E-state index is 0.148. The van der Waals surface area contributed by atoms with E-state index in [0.29, 0.717) is 5.95 Å². The van der Waals surface area contributed by atoms with Gasteiger partial charge in [-0.2, -0.15) is 4.98 Å². The summed E-state index contributed by atoms with van der Waals surface area (Å²) in [5.41, 5.74) is 4.15. The third-order valence-corrected chi connectivity index (χ3v) is 5.33. The Labute approximate surface area is 190 Å². The molecule has 0 aliphatic heterocycles. The molecular formula is C26H30N6. The average molecular weight is 427 g/mol. The van der Waals surface area contributed by atoms with Crippen molar-refractivity contribution >= 4 is 23.1 Å². The Balaban J connectivity index is 1.58. The van der Waals surface area contributed by atoms with Gasteiger partial charge in [0, 0.05) is 47.6 Å². The third kappa shape index (κ3) is 4.80. The second-order valence-corrected chi connectivity index (χ2v) is 8.97. The van der Waals surface area contributed by atoms with Crippen LogP contribution in [0.5, 0.6) is 0 Å². The van der Waals surface area contributed by atoms with Crippen LogP contribution in [0, 0.1) is 13.8 Å². The van der Waals surface area contributed by atoms with Crippen molar-refractivity contribution in [3.05, 3.63) is 90.1 Å². The van der Waals surface area contributed by atoms with E-state index in [0.717, 1.165) is 35.1 Å². The van der Waals surface area contributed by atoms with E-state index >= 15 is 0 Å². The van der Waals surface area contributed by atoms with Gasteiger partial charge in [-0.15, -0.1) is 0 Å². The van der Waals surface area contributed by atoms with Gasteiger partial charge in [0.25, 0.3) is 0 Å². The number of anilines is 4. The quantitative estimate of drug-likeness (QED) is 0.409. The van der Waals surface area contributed by atoms with Gasteiger partial charge in [-0.05, 0) is 64.4 Å². The highest BCUT2D eigenvalue weighted by molar-refractivity contribution is 5.66. The van der Waals surface area contributed by atoms with Gasteiger partial charge in [0.15, 0.2) is 0 Å². The number of nitrogens with one attached hydrogen (secondary N) is 1. The largest absolute Gasteiger partial charge is 0.331 e. The van der Waals surface area contributed by atoms with Crippen LogP contribution < -0.4 is 10.2 Å². The Hall–Kier alpha value is -3.67. The minimum Gasteiger partial charge on any atom is -0.331 e. The second kappa shape index (κ2) is 8.83. The van der Waals surface area contributed by atoms with E-state index in [4.69, 9.17) is 4.98 Å². The van der Waals surface area contributed by atoms with Gasteiger partial charge < -0.3 is 14.8 Å². The van der Waals surface area contributed by atoms with Gasteiger partial charge in [-0.1, -0.05) is 30.3 Å². The molecule has 0 fully saturated rings. The van der Waals surface area contributed by atoms with Gasteiger partial charge in [-0.3, -0.25) is 0 Å². The summed E-state index contributed by atoms with van der Waals surface area (Å²) in [5.74, 6) is 2.48. The summed E-state index contributed by atoms with van der Waals surface area (Å²) in [6, 6.07) is 18.7. The van der Waals surface area contributed by atoms with Crippen molar-refractivity contribution in [1.29, 1.82) is 0 Å². The lowest BCUT2D eigenvalue weighted by atomic mass is 10.0. The van der Waals surface area contributed by atoms with Gasteiger partial charge in [0.2, 0.25) is 5.95 Å². The molecule has 6 nitrogen and oxygen atoms in total. The van der Waals surface area contributed by atoms with Gasteiger partial charge >= 0.3 is 0 Å². The minimum atomic E-state index is -0.148. The Morgan fingerprint density at radius 1 is 0.938 bits per heavy atom. The molecule has 4 aromatic rings. The molecule has 0 amide bonds. The summed E-state index contributed by atoms with van der Waals surface area (Å²) < 4.78 is 2.13. The van der Waals surface area contributed by atoms with Gasteiger partial charge in [0.05, 0.1) is 0 Å². The van der Waals surface area contributed by atoms with Crippen LogP contribution in [-0.4, -0.2) is 25.1 Å². The molecule has 0 saturated heterocycles. The lowest BCUT2D eigenvalue weighted by molar-refractivity contribution is 0.554. The number of rotatable bonds is 6. The zero-order valence-electron chi connectivity index (χ0n) is 19.4. The molecule has 0 atom stereocenters. The highest BCUT2D eigenvalue weighted by atomic mass is 15.3. The number of benzene rings is 2. The molecule has 1 N–H and O–H groups in total. The van der Waals surface area contributed by atoms with E-state index in [1.165, 1.54) is 5.56 Å². The molecule has 0 aliphatic carbocycles. The Kier molecular flexibility index (Phi) is 5.95. The predicted molar refractivity (Wildman–Crippen MR) is 131 cm³/mol. The van der Waals surface area contributed by atoms with Crippen LogP contribution in [0.15, 0.2) is 73.2 Å². The van der Waals surface area contributed by atoms with Crippen LogP contribution in [0.3, 0.4) is 0 Å². The van der Waals surface area contributed by atoms with E-state index in [9.17, 15) is 0 Å². The standard InChI is InChI=1S/C26H30N6/c1-19-17-28-25(30-24(19)32(26(3,4)5)23-9-7-6-8-10-23)29-22-13-11-21(12-14-22)18-31-16-15-27-20(31)2/h6-17H,18H2,1-5H3,(H,28,29,30). The first-order chi connectivity index (χ1) is 15.3. The highest BCUT2D eigenvalue weighted by Crippen LogP contribution is 2.34. The van der Waals surface area contributed by atoms with Crippen molar-refractivity contribution < 1.29 is 0 Å². The van der Waals surface area contributed by atoms with E-state index < -0.39 is 0 Å². The first kappa shape index (κ1) is 21.6. The first-order valence-electron chi connectivity index (χ1n) is 10.8. The van der Waals surface area contributed by atoms with Gasteiger partial charge in [-0.25, -0.2) is 9.97 Å². The van der Waals surface area contributed by atoms with Crippen LogP contribution in [0.1, 0.15) is 37.7 Å². The van der Waals surface area contributed by atoms with Crippen LogP contribution in [-0.2, 0) is 6.54 Å². The van der Waals surface area contributed by atoms with E-state index in [1.807, 2.05) is 38.5 Å². The molecule has 0 radical (unpaired) electrons. The Morgan fingerprint density at radius 3 is 2.28 bits per heavy atom. The molecule has 0 unspecified atom stereocenters. The number of imidazole rings is 1. The molecule has 0 aliphatic rings. The number of nitrogens with zero attached hydrogens (tertiary/aromatic N) is 5. The first-order valence-corrected chi connectivity index (χ1v) is 10.8. The Morgan fingerprint density at radius 2 is 1.66 bits per heavy atom. The zero-order chi connectivity index (χ0) is 22.7. The molecular weight excluding hydrogens is 396 g/mol. The lowest BCUT2D eigenvalue weighted by Crippen LogP contribution is -2.38. The molecule has 4 rings (SSSR count). The normalized spacial score (nSPS) is 11.4. The number of hydrogen-bond acceptors (Lipinski definition) is 5. The summed E-state index contributed by atoms with van der Waals surface area (Å²) >= 11 is 0. The molecule has 0 saturated carbocycles. The summed E-state index contributed by atoms with van der Waals surface area (Å²) in [6.45, 7) is 11.4. The molecule has 32 heavy (non-hydrogen) atoms. The molecule has 0 spiro atoms. The van der Waals surface area contributed by atoms with Crippen molar-refractivity contribution in [2.75, 3.05) is 10.2 Å². The molecule has 2 aromatic heterocycles. The number of aromatic nitrogens is 4. The average Bonchev–Trinajstić information content (AvgIpc) is 3.16. The molecule has 6 heteroatoms. The maximum absolute atomic E-state index is 4.90. The maximum atomic E-state index is 4.90. The van der Waals surface area contributed by atoms with Crippen molar-refractivity contribution in [3.63, 3.8) is 0 Å². The molecule has 164 valence electrons. The van der Waals surface area contributed by atoms with Crippen molar-refractivity contribution in [3.8, 4) is 0 Å². The van der Waals surface area contributed by atoms with Crippen molar-refractivity contribution in [1.82, 2.24) is 19.5 Å². The van der Waals surface area contributed by atoms with Gasteiger partial charge in [0.1, 0.15) is 11.6 Å².